The van der Waals surface area contributed by atoms with Crippen molar-refractivity contribution >= 4 is 49.7 Å². The Bertz CT molecular complexity index is 1210. The Morgan fingerprint density at radius 1 is 0.879 bits per heavy atom. The van der Waals surface area contributed by atoms with E-state index in [1.807, 2.05) is 32.3 Å². The fourth-order valence-electron chi connectivity index (χ4n) is 4.12. The number of halogens is 2. The Hall–Kier alpha value is -2.11. The summed E-state index contributed by atoms with van der Waals surface area (Å²) in [5, 5.41) is 0.418. The van der Waals surface area contributed by atoms with Crippen molar-refractivity contribution in [3.8, 4) is 0 Å². The van der Waals surface area contributed by atoms with Gasteiger partial charge in [-0.2, -0.15) is 0 Å². The van der Waals surface area contributed by atoms with Crippen LogP contribution in [0.2, 0.25) is 0 Å². The molecule has 0 unspecified atom stereocenters. The van der Waals surface area contributed by atoms with Crippen molar-refractivity contribution in [1.29, 1.82) is 0 Å². The van der Waals surface area contributed by atoms with E-state index >= 15 is 0 Å². The number of carbonyl (C=O) groups excluding carboxylic acids is 2. The number of pyridine rings is 2. The van der Waals surface area contributed by atoms with Gasteiger partial charge in [0.2, 0.25) is 0 Å². The minimum Gasteiger partial charge on any atom is -0.294 e. The molecule has 0 aromatic carbocycles. The van der Waals surface area contributed by atoms with E-state index in [0.717, 1.165) is 39.2 Å². The van der Waals surface area contributed by atoms with Crippen molar-refractivity contribution in [1.82, 2.24) is 9.97 Å². The zero-order valence-corrected chi connectivity index (χ0v) is 22.6. The number of fused-ring (bicyclic) bond motifs is 2. The first-order valence-electron chi connectivity index (χ1n) is 11.2. The number of ketones is 2. The van der Waals surface area contributed by atoms with Crippen LogP contribution in [0.15, 0.2) is 28.5 Å². The maximum Gasteiger partial charge on any atom is 0.175 e. The maximum atomic E-state index is 11.9. The molecule has 33 heavy (non-hydrogen) atoms. The summed E-state index contributed by atoms with van der Waals surface area (Å²) in [4.78, 5) is 32.4. The van der Waals surface area contributed by atoms with Crippen molar-refractivity contribution < 1.29 is 9.59 Å². The van der Waals surface area contributed by atoms with Gasteiger partial charge in [0.15, 0.2) is 11.6 Å². The van der Waals surface area contributed by atoms with Crippen molar-refractivity contribution in [3.05, 3.63) is 67.7 Å². The SMILES string of the molecule is CC(C)c1cnc2c(c1)CC(=O)C(Br)=C2Cl.CC1=C(C)c2ncc(C(C)C)c(C)c2CC1=O. The molecule has 6 heteroatoms. The van der Waals surface area contributed by atoms with Gasteiger partial charge in [0.25, 0.3) is 0 Å². The minimum absolute atomic E-state index is 0.0141. The van der Waals surface area contributed by atoms with Crippen LogP contribution < -0.4 is 0 Å². The van der Waals surface area contributed by atoms with E-state index in [0.29, 0.717) is 34.2 Å². The van der Waals surface area contributed by atoms with Crippen LogP contribution >= 0.6 is 27.5 Å². The first-order valence-corrected chi connectivity index (χ1v) is 12.4. The number of hydrogen-bond acceptors (Lipinski definition) is 4. The molecule has 174 valence electrons. The topological polar surface area (TPSA) is 59.9 Å². The molecule has 0 saturated heterocycles. The van der Waals surface area contributed by atoms with E-state index in [1.165, 1.54) is 11.1 Å². The van der Waals surface area contributed by atoms with Crippen LogP contribution in [0.5, 0.6) is 0 Å². The van der Waals surface area contributed by atoms with Gasteiger partial charge in [-0.25, -0.2) is 0 Å². The maximum absolute atomic E-state index is 11.9. The highest BCUT2D eigenvalue weighted by molar-refractivity contribution is 9.12. The summed E-state index contributed by atoms with van der Waals surface area (Å²) in [6.45, 7) is 14.5. The summed E-state index contributed by atoms with van der Waals surface area (Å²) in [7, 11) is 0. The van der Waals surface area contributed by atoms with E-state index in [2.05, 4.69) is 60.5 Å². The number of allylic oxidation sites excluding steroid dienone is 3. The molecule has 2 aliphatic carbocycles. The number of Topliss-reactive ketones (excluding diaryl/α,β-unsaturated/α-hetero) is 2. The zero-order valence-electron chi connectivity index (χ0n) is 20.3. The van der Waals surface area contributed by atoms with Gasteiger partial charge in [0, 0.05) is 25.2 Å². The Balaban J connectivity index is 0.000000186. The third-order valence-corrected chi connectivity index (χ3v) is 7.89. The Morgan fingerprint density at radius 2 is 1.52 bits per heavy atom. The number of rotatable bonds is 2. The second-order valence-electron chi connectivity index (χ2n) is 9.33. The van der Waals surface area contributed by atoms with Crippen LogP contribution in [0, 0.1) is 6.92 Å². The Labute approximate surface area is 209 Å². The first-order chi connectivity index (χ1) is 15.4. The lowest BCUT2D eigenvalue weighted by Gasteiger charge is -2.22. The molecule has 0 fully saturated rings. The lowest BCUT2D eigenvalue weighted by Crippen LogP contribution is -2.17. The summed E-state index contributed by atoms with van der Waals surface area (Å²) >= 11 is 9.27. The molecule has 2 aliphatic rings. The largest absolute Gasteiger partial charge is 0.294 e. The molecule has 2 aromatic heterocycles. The summed E-state index contributed by atoms with van der Waals surface area (Å²) in [6, 6.07) is 2.02. The lowest BCUT2D eigenvalue weighted by atomic mass is 9.84. The quantitative estimate of drug-likeness (QED) is 0.418. The van der Waals surface area contributed by atoms with Crippen LogP contribution in [-0.4, -0.2) is 21.5 Å². The van der Waals surface area contributed by atoms with Gasteiger partial charge in [0.05, 0.1) is 20.9 Å². The van der Waals surface area contributed by atoms with Crippen LogP contribution in [0.4, 0.5) is 0 Å². The predicted molar refractivity (Wildman–Crippen MR) is 139 cm³/mol. The normalized spacial score (nSPS) is 15.6. The monoisotopic (exact) mass is 528 g/mol. The molecule has 4 rings (SSSR count). The first kappa shape index (κ1) is 25.5. The smallest absolute Gasteiger partial charge is 0.175 e. The zero-order chi connectivity index (χ0) is 24.6. The van der Waals surface area contributed by atoms with Crippen LogP contribution in [0.1, 0.15) is 92.6 Å². The molecule has 0 amide bonds. The molecule has 0 spiro atoms. The van der Waals surface area contributed by atoms with Crippen LogP contribution in [-0.2, 0) is 22.4 Å². The number of hydrogen-bond donors (Lipinski definition) is 0. The van der Waals surface area contributed by atoms with E-state index in [4.69, 9.17) is 11.6 Å². The van der Waals surface area contributed by atoms with Gasteiger partial charge in [0.1, 0.15) is 0 Å². The van der Waals surface area contributed by atoms with Crippen molar-refractivity contribution in [2.24, 2.45) is 0 Å². The van der Waals surface area contributed by atoms with E-state index < -0.39 is 0 Å². The highest BCUT2D eigenvalue weighted by Gasteiger charge is 2.25. The van der Waals surface area contributed by atoms with E-state index in [1.54, 1.807) is 0 Å². The minimum atomic E-state index is 0.0141. The summed E-state index contributed by atoms with van der Waals surface area (Å²) in [6.07, 6.45) is 4.67. The summed E-state index contributed by atoms with van der Waals surface area (Å²) in [5.41, 5.74) is 9.31. The highest BCUT2D eigenvalue weighted by Crippen LogP contribution is 2.35. The number of carbonyl (C=O) groups is 2. The third kappa shape index (κ3) is 5.04. The molecule has 0 bridgehead atoms. The number of nitrogens with zero attached hydrogens (tertiary/aromatic N) is 2. The molecule has 0 atom stereocenters. The van der Waals surface area contributed by atoms with Crippen molar-refractivity contribution in [2.75, 3.05) is 0 Å². The Kier molecular flexibility index (Phi) is 7.75. The molecule has 0 aliphatic heterocycles. The van der Waals surface area contributed by atoms with Gasteiger partial charge < -0.3 is 0 Å². The van der Waals surface area contributed by atoms with Gasteiger partial charge >= 0.3 is 0 Å². The van der Waals surface area contributed by atoms with Gasteiger partial charge in [-0.1, -0.05) is 45.4 Å². The summed E-state index contributed by atoms with van der Waals surface area (Å²) in [5.74, 6) is 1.11. The highest BCUT2D eigenvalue weighted by atomic mass is 79.9. The second kappa shape index (κ2) is 10.0. The molecule has 4 nitrogen and oxygen atoms in total. The molecule has 2 aromatic rings. The van der Waals surface area contributed by atoms with Crippen molar-refractivity contribution in [2.45, 2.75) is 73.1 Å². The molecule has 0 N–H and O–H groups in total. The molecule has 2 heterocycles. The van der Waals surface area contributed by atoms with Gasteiger partial charge in [-0.3, -0.25) is 19.6 Å². The average Bonchev–Trinajstić information content (AvgIpc) is 2.76. The molecular weight excluding hydrogens is 500 g/mol. The van der Waals surface area contributed by atoms with E-state index in [9.17, 15) is 9.59 Å². The lowest BCUT2D eigenvalue weighted by molar-refractivity contribution is -0.115. The van der Waals surface area contributed by atoms with Crippen LogP contribution in [0.25, 0.3) is 10.6 Å². The molecule has 0 radical (unpaired) electrons. The van der Waals surface area contributed by atoms with Gasteiger partial charge in [-0.15, -0.1) is 0 Å². The molecular formula is C27H30BrClN2O2. The summed E-state index contributed by atoms with van der Waals surface area (Å²) < 4.78 is 0.437. The van der Waals surface area contributed by atoms with Crippen molar-refractivity contribution in [3.63, 3.8) is 0 Å². The molecule has 0 saturated carbocycles. The number of aromatic nitrogens is 2. The van der Waals surface area contributed by atoms with Crippen LogP contribution in [0.3, 0.4) is 0 Å². The van der Waals surface area contributed by atoms with Gasteiger partial charge in [-0.05, 0) is 87.5 Å². The second-order valence-corrected chi connectivity index (χ2v) is 10.5. The Morgan fingerprint density at radius 3 is 2.12 bits per heavy atom. The average molecular weight is 530 g/mol. The standard InChI is InChI=1S/C15H19NO.C12H11BrClNO/c1-8(2)13-7-16-15-10(4)9(3)14(17)6-12(15)11(13)5;1-6(2)8-3-7-4-9(16)10(13)11(14)12(7)15-5-8/h7-8H,6H2,1-5H3;3,5-6H,4H2,1-2H3. The van der Waals surface area contributed by atoms with E-state index in [-0.39, 0.29) is 11.6 Å². The third-order valence-electron chi connectivity index (χ3n) is 6.45. The predicted octanol–water partition coefficient (Wildman–Crippen LogP) is 7.06. The fourth-order valence-corrected chi connectivity index (χ4v) is 4.72. The fraction of sp³-hybridized carbons (Fsp3) is 0.407.